The van der Waals surface area contributed by atoms with Gasteiger partial charge in [-0.2, -0.15) is 0 Å². The Morgan fingerprint density at radius 1 is 1.20 bits per heavy atom. The molecule has 1 aromatic rings. The molecule has 6 heteroatoms. The van der Waals surface area contributed by atoms with Crippen LogP contribution in [0, 0.1) is 0 Å². The summed E-state index contributed by atoms with van der Waals surface area (Å²) in [6, 6.07) is 4.41. The van der Waals surface area contributed by atoms with Crippen LogP contribution in [-0.2, 0) is 0 Å². The van der Waals surface area contributed by atoms with Crippen LogP contribution in [0.3, 0.4) is 0 Å². The standard InChI is InChI=1S/C9H9BF3O.K/c1-2-9(14)7-3-5-8(6-4-7)10(11,12)13;/h2-6,9,14H,1H2;/q-1;+1. The molecule has 1 atom stereocenters. The monoisotopic (exact) mass is 240 g/mol. The molecular weight excluding hydrogens is 231 g/mol. The van der Waals surface area contributed by atoms with E-state index in [-0.39, 0.29) is 51.4 Å². The minimum Gasteiger partial charge on any atom is -0.445 e. The van der Waals surface area contributed by atoms with Crippen LogP contribution in [0.1, 0.15) is 11.7 Å². The summed E-state index contributed by atoms with van der Waals surface area (Å²) in [4.78, 5) is 0. The van der Waals surface area contributed by atoms with Crippen LogP contribution in [0.25, 0.3) is 0 Å². The molecule has 1 rings (SSSR count). The first-order chi connectivity index (χ1) is 6.45. The molecule has 0 aliphatic rings. The third kappa shape index (κ3) is 4.42. The Kier molecular flexibility index (Phi) is 6.39. The number of rotatable bonds is 3. The van der Waals surface area contributed by atoms with Gasteiger partial charge in [-0.25, -0.2) is 0 Å². The predicted molar refractivity (Wildman–Crippen MR) is 50.3 cm³/mol. The van der Waals surface area contributed by atoms with Gasteiger partial charge in [0.15, 0.2) is 0 Å². The van der Waals surface area contributed by atoms with Gasteiger partial charge in [-0.3, -0.25) is 0 Å². The molecular formula is C9H9BF3KO. The normalized spacial score (nSPS) is 12.8. The summed E-state index contributed by atoms with van der Waals surface area (Å²) in [5, 5.41) is 9.23. The number of hydrogen-bond acceptors (Lipinski definition) is 1. The predicted octanol–water partition coefficient (Wildman–Crippen LogP) is -1.04. The topological polar surface area (TPSA) is 20.2 Å². The zero-order valence-corrected chi connectivity index (χ0v) is 11.5. The van der Waals surface area contributed by atoms with Gasteiger partial charge in [0.25, 0.3) is 0 Å². The molecule has 0 aliphatic heterocycles. The van der Waals surface area contributed by atoms with Gasteiger partial charge < -0.3 is 18.1 Å². The van der Waals surface area contributed by atoms with E-state index in [0.717, 1.165) is 12.1 Å². The maximum absolute atomic E-state index is 12.2. The zero-order valence-electron chi connectivity index (χ0n) is 8.33. The Labute approximate surface area is 129 Å². The minimum absolute atomic E-state index is 0. The van der Waals surface area contributed by atoms with Gasteiger partial charge in [0.05, 0.1) is 6.10 Å². The number of aliphatic hydroxyl groups is 1. The van der Waals surface area contributed by atoms with Crippen LogP contribution in [0.5, 0.6) is 0 Å². The molecule has 0 bridgehead atoms. The molecule has 0 radical (unpaired) electrons. The summed E-state index contributed by atoms with van der Waals surface area (Å²) in [5.74, 6) is 0. The Hall–Kier alpha value is 0.411. The molecule has 0 spiro atoms. The van der Waals surface area contributed by atoms with Crippen molar-refractivity contribution >= 4 is 12.4 Å². The molecule has 15 heavy (non-hydrogen) atoms. The molecule has 0 fully saturated rings. The molecule has 1 N–H and O–H groups in total. The van der Waals surface area contributed by atoms with Crippen molar-refractivity contribution in [3.8, 4) is 0 Å². The van der Waals surface area contributed by atoms with Crippen LogP contribution >= 0.6 is 0 Å². The largest absolute Gasteiger partial charge is 1.00 e. The second-order valence-corrected chi connectivity index (χ2v) is 2.92. The average molecular weight is 240 g/mol. The van der Waals surface area contributed by atoms with Crippen molar-refractivity contribution in [3.05, 3.63) is 42.5 Å². The summed E-state index contributed by atoms with van der Waals surface area (Å²) in [7, 11) is 0. The van der Waals surface area contributed by atoms with E-state index in [1.165, 1.54) is 18.2 Å². The van der Waals surface area contributed by atoms with Crippen molar-refractivity contribution in [3.63, 3.8) is 0 Å². The average Bonchev–Trinajstić information content (AvgIpc) is 2.15. The van der Waals surface area contributed by atoms with Gasteiger partial charge in [-0.05, 0) is 5.56 Å². The first kappa shape index (κ1) is 15.4. The van der Waals surface area contributed by atoms with Crippen molar-refractivity contribution in [2.75, 3.05) is 0 Å². The van der Waals surface area contributed by atoms with E-state index in [0.29, 0.717) is 5.56 Å². The Morgan fingerprint density at radius 2 is 1.67 bits per heavy atom. The molecule has 1 unspecified atom stereocenters. The molecule has 0 saturated carbocycles. The van der Waals surface area contributed by atoms with Crippen LogP contribution in [0.15, 0.2) is 36.9 Å². The van der Waals surface area contributed by atoms with Crippen molar-refractivity contribution in [2.45, 2.75) is 6.10 Å². The van der Waals surface area contributed by atoms with Crippen LogP contribution in [-0.4, -0.2) is 12.1 Å². The third-order valence-electron chi connectivity index (χ3n) is 1.88. The summed E-state index contributed by atoms with van der Waals surface area (Å²) in [5.41, 5.74) is -0.256. The summed E-state index contributed by atoms with van der Waals surface area (Å²) < 4.78 is 36.5. The van der Waals surface area contributed by atoms with Gasteiger partial charge in [0, 0.05) is 0 Å². The summed E-state index contributed by atoms with van der Waals surface area (Å²) in [6.07, 6.45) is 0.345. The quantitative estimate of drug-likeness (QED) is 0.529. The number of aliphatic hydroxyl groups excluding tert-OH is 1. The van der Waals surface area contributed by atoms with Crippen LogP contribution < -0.4 is 56.8 Å². The second-order valence-electron chi connectivity index (χ2n) is 2.92. The number of benzene rings is 1. The molecule has 0 aliphatic carbocycles. The van der Waals surface area contributed by atoms with Crippen molar-refractivity contribution in [1.82, 2.24) is 0 Å². The Balaban J connectivity index is 0.00000196. The fraction of sp³-hybridized carbons (Fsp3) is 0.111. The Bertz CT molecular complexity index is 323. The third-order valence-corrected chi connectivity index (χ3v) is 1.88. The molecule has 0 heterocycles. The number of halogens is 3. The van der Waals surface area contributed by atoms with E-state index >= 15 is 0 Å². The van der Waals surface area contributed by atoms with E-state index in [4.69, 9.17) is 0 Å². The van der Waals surface area contributed by atoms with Crippen molar-refractivity contribution in [2.24, 2.45) is 0 Å². The molecule has 0 saturated heterocycles. The summed E-state index contributed by atoms with van der Waals surface area (Å²) in [6.45, 7) is -1.61. The molecule has 1 nitrogen and oxygen atoms in total. The maximum atomic E-state index is 12.2. The minimum atomic E-state index is -4.95. The van der Waals surface area contributed by atoms with E-state index in [9.17, 15) is 18.1 Å². The van der Waals surface area contributed by atoms with Gasteiger partial charge in [-0.1, -0.05) is 30.3 Å². The van der Waals surface area contributed by atoms with Gasteiger partial charge >= 0.3 is 58.4 Å². The molecule has 1 aromatic carbocycles. The smallest absolute Gasteiger partial charge is 0.445 e. The van der Waals surface area contributed by atoms with Gasteiger partial charge in [0.1, 0.15) is 0 Å². The number of hydrogen-bond donors (Lipinski definition) is 1. The first-order valence-corrected chi connectivity index (χ1v) is 4.05. The van der Waals surface area contributed by atoms with E-state index < -0.39 is 18.5 Å². The van der Waals surface area contributed by atoms with Crippen molar-refractivity contribution < 1.29 is 69.4 Å². The molecule has 0 aromatic heterocycles. The molecule has 0 amide bonds. The fourth-order valence-electron chi connectivity index (χ4n) is 1.05. The second kappa shape index (κ2) is 6.22. The van der Waals surface area contributed by atoms with E-state index in [1.54, 1.807) is 0 Å². The van der Waals surface area contributed by atoms with E-state index in [1.807, 2.05) is 0 Å². The van der Waals surface area contributed by atoms with Crippen molar-refractivity contribution in [1.29, 1.82) is 0 Å². The molecule has 76 valence electrons. The van der Waals surface area contributed by atoms with E-state index in [2.05, 4.69) is 6.58 Å². The maximum Gasteiger partial charge on any atom is 1.00 e. The van der Waals surface area contributed by atoms with Crippen LogP contribution in [0.2, 0.25) is 0 Å². The first-order valence-electron chi connectivity index (χ1n) is 4.05. The Morgan fingerprint density at radius 3 is 2.00 bits per heavy atom. The van der Waals surface area contributed by atoms with Crippen LogP contribution in [0.4, 0.5) is 12.9 Å². The van der Waals surface area contributed by atoms with Gasteiger partial charge in [-0.15, -0.1) is 12.0 Å². The fourth-order valence-corrected chi connectivity index (χ4v) is 1.05. The SMILES string of the molecule is C=CC(O)c1ccc([B-](F)(F)F)cc1.[K+]. The summed E-state index contributed by atoms with van der Waals surface area (Å²) >= 11 is 0. The van der Waals surface area contributed by atoms with Gasteiger partial charge in [0.2, 0.25) is 0 Å². The zero-order chi connectivity index (χ0) is 10.8.